The van der Waals surface area contributed by atoms with E-state index in [1.807, 2.05) is 0 Å². The maximum absolute atomic E-state index is 12.6. The number of oxime groups is 1. The number of β-lactam (4-membered cyclic amide) rings is 1. The molecule has 1 fully saturated rings. The molecule has 31 heavy (non-hydrogen) atoms. The van der Waals surface area contributed by atoms with Gasteiger partial charge in [0.15, 0.2) is 20.7 Å². The third-order valence-electron chi connectivity index (χ3n) is 4.41. The number of fused-ring (bicyclic) bond motifs is 1. The first-order chi connectivity index (χ1) is 14.6. The zero-order valence-corrected chi connectivity index (χ0v) is 18.0. The third-order valence-corrected chi connectivity index (χ3v) is 8.02. The number of sulfone groups is 1. The fourth-order valence-electron chi connectivity index (χ4n) is 3.09. The fourth-order valence-corrected chi connectivity index (χ4v) is 6.31. The van der Waals surface area contributed by atoms with Crippen LogP contribution in [0.1, 0.15) is 5.69 Å². The van der Waals surface area contributed by atoms with E-state index >= 15 is 0 Å². The molecule has 3 rings (SSSR count). The molecule has 16 heteroatoms. The van der Waals surface area contributed by atoms with Crippen molar-refractivity contribution in [3.05, 3.63) is 22.3 Å². The SMILES string of the molecule is Nc1nc(/C(=N/O)C(=O)NC2C(=O)N3C(C(=O)O)=C(CS(=O)(=O)CCO)CS[C@H]23)cs1. The molecule has 0 saturated carbocycles. The Morgan fingerprint density at radius 1 is 1.42 bits per heavy atom. The number of amides is 2. The molecule has 0 aliphatic carbocycles. The molecule has 13 nitrogen and oxygen atoms in total. The van der Waals surface area contributed by atoms with Gasteiger partial charge in [0.2, 0.25) is 0 Å². The number of aliphatic hydroxyl groups is 1. The number of nitrogens with zero attached hydrogens (tertiary/aromatic N) is 3. The van der Waals surface area contributed by atoms with Gasteiger partial charge in [0.1, 0.15) is 22.8 Å². The maximum Gasteiger partial charge on any atom is 0.352 e. The number of carboxylic acid groups (broad SMARTS) is 1. The summed E-state index contributed by atoms with van der Waals surface area (Å²) in [7, 11) is -3.76. The van der Waals surface area contributed by atoms with Gasteiger partial charge in [-0.2, -0.15) is 0 Å². The number of aromatic nitrogens is 1. The highest BCUT2D eigenvalue weighted by molar-refractivity contribution is 8.00. The zero-order valence-electron chi connectivity index (χ0n) is 15.6. The smallest absolute Gasteiger partial charge is 0.352 e. The van der Waals surface area contributed by atoms with Crippen molar-refractivity contribution in [2.24, 2.45) is 5.16 Å². The van der Waals surface area contributed by atoms with E-state index in [1.165, 1.54) is 5.38 Å². The Bertz CT molecular complexity index is 1100. The summed E-state index contributed by atoms with van der Waals surface area (Å²) in [5, 5.41) is 33.6. The predicted octanol–water partition coefficient (Wildman–Crippen LogP) is -1.95. The van der Waals surface area contributed by atoms with Crippen molar-refractivity contribution in [2.45, 2.75) is 11.4 Å². The van der Waals surface area contributed by atoms with Crippen molar-refractivity contribution in [2.75, 3.05) is 29.6 Å². The van der Waals surface area contributed by atoms with Crippen LogP contribution < -0.4 is 11.1 Å². The van der Waals surface area contributed by atoms with Crippen LogP contribution in [-0.4, -0.2) is 92.5 Å². The summed E-state index contributed by atoms with van der Waals surface area (Å²) < 4.78 is 24.0. The molecule has 1 saturated heterocycles. The first-order valence-electron chi connectivity index (χ1n) is 8.55. The van der Waals surface area contributed by atoms with E-state index < -0.39 is 68.6 Å². The molecule has 1 aromatic rings. The molecule has 2 aliphatic heterocycles. The number of nitrogen functional groups attached to an aromatic ring is 1. The topological polar surface area (TPSA) is 213 Å². The van der Waals surface area contributed by atoms with Gasteiger partial charge in [0.05, 0.1) is 18.1 Å². The molecule has 2 amide bonds. The summed E-state index contributed by atoms with van der Waals surface area (Å²) in [6.07, 6.45) is 0. The summed E-state index contributed by atoms with van der Waals surface area (Å²) in [4.78, 5) is 41.6. The highest BCUT2D eigenvalue weighted by Gasteiger charge is 2.54. The Morgan fingerprint density at radius 3 is 2.68 bits per heavy atom. The summed E-state index contributed by atoms with van der Waals surface area (Å²) in [6.45, 7) is -0.607. The van der Waals surface area contributed by atoms with Crippen LogP contribution in [0.5, 0.6) is 0 Å². The number of hydrogen-bond donors (Lipinski definition) is 5. The number of aliphatic carboxylic acids is 1. The molecule has 0 radical (unpaired) electrons. The molecule has 3 heterocycles. The van der Waals surface area contributed by atoms with E-state index in [1.54, 1.807) is 0 Å². The second-order valence-corrected chi connectivity index (χ2v) is 10.6. The fraction of sp³-hybridized carbons (Fsp3) is 0.400. The van der Waals surface area contributed by atoms with Crippen LogP contribution in [0.15, 0.2) is 21.8 Å². The molecule has 6 N–H and O–H groups in total. The Kier molecular flexibility index (Phi) is 6.54. The van der Waals surface area contributed by atoms with Crippen LogP contribution >= 0.6 is 23.1 Å². The lowest BCUT2D eigenvalue weighted by atomic mass is 10.0. The second-order valence-electron chi connectivity index (χ2n) is 6.45. The quantitative estimate of drug-likeness (QED) is 0.117. The number of nitrogens with two attached hydrogens (primary N) is 1. The number of carbonyl (C=O) groups excluding carboxylic acids is 2. The molecule has 1 unspecified atom stereocenters. The van der Waals surface area contributed by atoms with Crippen LogP contribution in [0.25, 0.3) is 0 Å². The van der Waals surface area contributed by atoms with E-state index in [0.29, 0.717) is 0 Å². The van der Waals surface area contributed by atoms with E-state index in [2.05, 4.69) is 15.5 Å². The summed E-state index contributed by atoms with van der Waals surface area (Å²) in [5.41, 5.74) is 4.60. The highest BCUT2D eigenvalue weighted by Crippen LogP contribution is 2.40. The predicted molar refractivity (Wildman–Crippen MR) is 110 cm³/mol. The average Bonchev–Trinajstić information content (AvgIpc) is 3.11. The van der Waals surface area contributed by atoms with E-state index in [-0.39, 0.29) is 22.2 Å². The molecule has 2 atom stereocenters. The van der Waals surface area contributed by atoms with Gasteiger partial charge < -0.3 is 26.5 Å². The van der Waals surface area contributed by atoms with Crippen molar-refractivity contribution in [1.29, 1.82) is 0 Å². The van der Waals surface area contributed by atoms with E-state index in [0.717, 1.165) is 28.0 Å². The number of carbonyl (C=O) groups is 3. The highest BCUT2D eigenvalue weighted by atomic mass is 32.2. The van der Waals surface area contributed by atoms with Crippen molar-refractivity contribution >= 4 is 61.6 Å². The minimum Gasteiger partial charge on any atom is -0.477 e. The summed E-state index contributed by atoms with van der Waals surface area (Å²) >= 11 is 2.09. The number of anilines is 1. The van der Waals surface area contributed by atoms with E-state index in [9.17, 15) is 27.9 Å². The minimum absolute atomic E-state index is 0.00330. The van der Waals surface area contributed by atoms with Crippen LogP contribution in [0, 0.1) is 0 Å². The molecule has 2 aliphatic rings. The first-order valence-corrected chi connectivity index (χ1v) is 12.3. The molecule has 168 valence electrons. The molecular formula is C15H17N5O8S3. The molecule has 1 aromatic heterocycles. The lowest BCUT2D eigenvalue weighted by Gasteiger charge is -2.49. The maximum atomic E-state index is 12.6. The van der Waals surface area contributed by atoms with Gasteiger partial charge in [-0.25, -0.2) is 18.2 Å². The number of thioether (sulfide) groups is 1. The van der Waals surface area contributed by atoms with Crippen LogP contribution in [0.4, 0.5) is 5.13 Å². The van der Waals surface area contributed by atoms with Gasteiger partial charge >= 0.3 is 5.97 Å². The van der Waals surface area contributed by atoms with Crippen molar-refractivity contribution in [1.82, 2.24) is 15.2 Å². The van der Waals surface area contributed by atoms with E-state index in [4.69, 9.17) is 16.0 Å². The van der Waals surface area contributed by atoms with Gasteiger partial charge in [-0.15, -0.1) is 23.1 Å². The third kappa shape index (κ3) is 4.51. The normalized spacial score (nSPS) is 21.5. The van der Waals surface area contributed by atoms with Gasteiger partial charge in [-0.1, -0.05) is 5.16 Å². The second kappa shape index (κ2) is 8.81. The number of thiazole rings is 1. The summed E-state index contributed by atoms with van der Waals surface area (Å²) in [5.74, 6) is -4.29. The van der Waals surface area contributed by atoms with Crippen LogP contribution in [0.3, 0.4) is 0 Å². The number of nitrogens with one attached hydrogen (secondary N) is 1. The lowest BCUT2D eigenvalue weighted by molar-refractivity contribution is -0.150. The van der Waals surface area contributed by atoms with Gasteiger partial charge in [0.25, 0.3) is 11.8 Å². The molecule has 0 aromatic carbocycles. The first kappa shape index (κ1) is 23.0. The largest absolute Gasteiger partial charge is 0.477 e. The number of aliphatic hydroxyl groups excluding tert-OH is 1. The lowest BCUT2D eigenvalue weighted by Crippen LogP contribution is -2.71. The van der Waals surface area contributed by atoms with Crippen molar-refractivity contribution < 1.29 is 38.2 Å². The minimum atomic E-state index is -3.76. The monoisotopic (exact) mass is 491 g/mol. The van der Waals surface area contributed by atoms with Gasteiger partial charge in [-0.3, -0.25) is 14.5 Å². The Balaban J connectivity index is 1.79. The van der Waals surface area contributed by atoms with Crippen molar-refractivity contribution in [3.8, 4) is 0 Å². The number of carboxylic acids is 1. The summed E-state index contributed by atoms with van der Waals surface area (Å²) in [6, 6.07) is -1.12. The standard InChI is InChI=1S/C15H17N5O8S3/c16-15-17-7(4-30-15)8(19-26)11(22)18-9-12(23)20-10(14(24)25)6(3-29-13(9)20)5-31(27,28)2-1-21/h4,9,13,21,26H,1-3,5H2,(H2,16,17)(H,18,22)(H,24,25)/b19-8-/t9?,13-/m1/s1. The number of rotatable bonds is 8. The van der Waals surface area contributed by atoms with Crippen molar-refractivity contribution in [3.63, 3.8) is 0 Å². The molecule has 0 spiro atoms. The van der Waals surface area contributed by atoms with Gasteiger partial charge in [0, 0.05) is 11.1 Å². The average molecular weight is 492 g/mol. The van der Waals surface area contributed by atoms with Crippen LogP contribution in [-0.2, 0) is 24.2 Å². The Hall–Kier alpha value is -2.69. The van der Waals surface area contributed by atoms with Crippen LogP contribution in [0.2, 0.25) is 0 Å². The van der Waals surface area contributed by atoms with Gasteiger partial charge in [-0.05, 0) is 5.57 Å². The zero-order chi connectivity index (χ0) is 22.9. The Morgan fingerprint density at radius 2 is 2.13 bits per heavy atom. The number of hydrogen-bond acceptors (Lipinski definition) is 12. The molecular weight excluding hydrogens is 474 g/mol. The Labute approximate surface area is 183 Å². The molecule has 0 bridgehead atoms.